The molecule has 6 nitrogen and oxygen atoms in total. The highest BCUT2D eigenvalue weighted by atomic mass is 32.2. The maximum Gasteiger partial charge on any atom is 0.241 e. The zero-order chi connectivity index (χ0) is 15.3. The van der Waals surface area contributed by atoms with Gasteiger partial charge in [-0.05, 0) is 43.5 Å². The van der Waals surface area contributed by atoms with E-state index in [9.17, 15) is 13.2 Å². The SMILES string of the molecule is CCCNc1ccc(S(=O)(=O)NCC(=O)NC2CC2)cc1. The average Bonchev–Trinajstić information content (AvgIpc) is 3.27. The second kappa shape index (κ2) is 6.91. The third kappa shape index (κ3) is 5.02. The van der Waals surface area contributed by atoms with Crippen LogP contribution < -0.4 is 15.4 Å². The number of amides is 1. The first-order chi connectivity index (χ1) is 10.0. The van der Waals surface area contributed by atoms with E-state index in [1.807, 2.05) is 0 Å². The summed E-state index contributed by atoms with van der Waals surface area (Å²) in [6, 6.07) is 6.72. The van der Waals surface area contributed by atoms with Crippen LogP contribution in [0.5, 0.6) is 0 Å². The molecule has 0 spiro atoms. The third-order valence-corrected chi connectivity index (χ3v) is 4.53. The molecular weight excluding hydrogens is 290 g/mol. The number of hydrogen-bond donors (Lipinski definition) is 3. The Hall–Kier alpha value is -1.60. The molecule has 0 aromatic heterocycles. The monoisotopic (exact) mass is 311 g/mol. The van der Waals surface area contributed by atoms with Gasteiger partial charge in [0.2, 0.25) is 15.9 Å². The van der Waals surface area contributed by atoms with Crippen molar-refractivity contribution in [2.24, 2.45) is 0 Å². The van der Waals surface area contributed by atoms with Crippen molar-refractivity contribution in [3.8, 4) is 0 Å². The van der Waals surface area contributed by atoms with Crippen LogP contribution in [0.1, 0.15) is 26.2 Å². The molecule has 0 radical (unpaired) electrons. The molecule has 1 aromatic carbocycles. The van der Waals surface area contributed by atoms with Gasteiger partial charge in [0.25, 0.3) is 0 Å². The van der Waals surface area contributed by atoms with E-state index in [1.54, 1.807) is 12.1 Å². The average molecular weight is 311 g/mol. The smallest absolute Gasteiger partial charge is 0.241 e. The van der Waals surface area contributed by atoms with E-state index in [0.717, 1.165) is 31.5 Å². The summed E-state index contributed by atoms with van der Waals surface area (Å²) < 4.78 is 26.4. The van der Waals surface area contributed by atoms with Crippen LogP contribution in [0.15, 0.2) is 29.2 Å². The largest absolute Gasteiger partial charge is 0.385 e. The second-order valence-corrected chi connectivity index (χ2v) is 6.88. The van der Waals surface area contributed by atoms with Gasteiger partial charge in [-0.3, -0.25) is 4.79 Å². The summed E-state index contributed by atoms with van der Waals surface area (Å²) in [5.41, 5.74) is 0.877. The van der Waals surface area contributed by atoms with Gasteiger partial charge in [0.15, 0.2) is 0 Å². The first-order valence-corrected chi connectivity index (χ1v) is 8.62. The number of sulfonamides is 1. The van der Waals surface area contributed by atoms with Crippen molar-refractivity contribution in [1.29, 1.82) is 0 Å². The van der Waals surface area contributed by atoms with E-state index in [4.69, 9.17) is 0 Å². The van der Waals surface area contributed by atoms with Gasteiger partial charge in [-0.2, -0.15) is 0 Å². The van der Waals surface area contributed by atoms with Crippen LogP contribution in [-0.4, -0.2) is 33.5 Å². The van der Waals surface area contributed by atoms with Crippen molar-refractivity contribution in [3.63, 3.8) is 0 Å². The summed E-state index contributed by atoms with van der Waals surface area (Å²) in [6.07, 6.45) is 2.95. The minimum absolute atomic E-state index is 0.156. The number of benzene rings is 1. The highest BCUT2D eigenvalue weighted by Gasteiger charge is 2.24. The maximum absolute atomic E-state index is 12.1. The molecule has 116 valence electrons. The van der Waals surface area contributed by atoms with Gasteiger partial charge in [0.1, 0.15) is 0 Å². The van der Waals surface area contributed by atoms with Gasteiger partial charge < -0.3 is 10.6 Å². The number of carbonyl (C=O) groups is 1. The van der Waals surface area contributed by atoms with Crippen LogP contribution in [0, 0.1) is 0 Å². The van der Waals surface area contributed by atoms with Crippen molar-refractivity contribution < 1.29 is 13.2 Å². The molecule has 7 heteroatoms. The van der Waals surface area contributed by atoms with E-state index in [1.165, 1.54) is 12.1 Å². The predicted molar refractivity (Wildman–Crippen MR) is 81.6 cm³/mol. The van der Waals surface area contributed by atoms with Crippen LogP contribution >= 0.6 is 0 Å². The topological polar surface area (TPSA) is 87.3 Å². The van der Waals surface area contributed by atoms with Crippen LogP contribution in [0.3, 0.4) is 0 Å². The van der Waals surface area contributed by atoms with Gasteiger partial charge in [-0.25, -0.2) is 13.1 Å². The summed E-state index contributed by atoms with van der Waals surface area (Å²) >= 11 is 0. The fraction of sp³-hybridized carbons (Fsp3) is 0.500. The van der Waals surface area contributed by atoms with Crippen LogP contribution in [0.4, 0.5) is 5.69 Å². The fourth-order valence-electron chi connectivity index (χ4n) is 1.77. The van der Waals surface area contributed by atoms with Crippen molar-refractivity contribution in [3.05, 3.63) is 24.3 Å². The van der Waals surface area contributed by atoms with E-state index in [-0.39, 0.29) is 23.4 Å². The Labute approximate surface area is 125 Å². The van der Waals surface area contributed by atoms with Crippen molar-refractivity contribution in [1.82, 2.24) is 10.0 Å². The Morgan fingerprint density at radius 2 is 1.90 bits per heavy atom. The first-order valence-electron chi connectivity index (χ1n) is 7.14. The molecule has 0 bridgehead atoms. The summed E-state index contributed by atoms with van der Waals surface area (Å²) in [7, 11) is -3.65. The van der Waals surface area contributed by atoms with Crippen LogP contribution in [-0.2, 0) is 14.8 Å². The molecule has 1 aliphatic rings. The number of nitrogens with one attached hydrogen (secondary N) is 3. The Kier molecular flexibility index (Phi) is 5.19. The Balaban J connectivity index is 1.89. The molecule has 21 heavy (non-hydrogen) atoms. The van der Waals surface area contributed by atoms with E-state index >= 15 is 0 Å². The highest BCUT2D eigenvalue weighted by molar-refractivity contribution is 7.89. The second-order valence-electron chi connectivity index (χ2n) is 5.12. The lowest BCUT2D eigenvalue weighted by Crippen LogP contribution is -2.37. The van der Waals surface area contributed by atoms with Gasteiger partial charge >= 0.3 is 0 Å². The molecule has 1 fully saturated rings. The predicted octanol–water partition coefficient (Wildman–Crippen LogP) is 1.07. The van der Waals surface area contributed by atoms with Gasteiger partial charge in [-0.1, -0.05) is 6.92 Å². The van der Waals surface area contributed by atoms with Crippen molar-refractivity contribution in [2.45, 2.75) is 37.1 Å². The summed E-state index contributed by atoms with van der Waals surface area (Å²) in [4.78, 5) is 11.7. The number of anilines is 1. The molecular formula is C14H21N3O3S. The van der Waals surface area contributed by atoms with Gasteiger partial charge in [0, 0.05) is 18.3 Å². The summed E-state index contributed by atoms with van der Waals surface area (Å²) in [6.45, 7) is 2.67. The zero-order valence-electron chi connectivity index (χ0n) is 12.1. The number of rotatable bonds is 8. The normalized spacial score (nSPS) is 14.7. The molecule has 0 atom stereocenters. The molecule has 1 aliphatic carbocycles. The highest BCUT2D eigenvalue weighted by Crippen LogP contribution is 2.18. The molecule has 0 aliphatic heterocycles. The van der Waals surface area contributed by atoms with Crippen LogP contribution in [0.2, 0.25) is 0 Å². The van der Waals surface area contributed by atoms with Gasteiger partial charge in [-0.15, -0.1) is 0 Å². The first kappa shape index (κ1) is 15.8. The lowest BCUT2D eigenvalue weighted by atomic mass is 10.3. The minimum Gasteiger partial charge on any atom is -0.385 e. The van der Waals surface area contributed by atoms with Crippen LogP contribution in [0.25, 0.3) is 0 Å². The Morgan fingerprint density at radius 1 is 1.24 bits per heavy atom. The Bertz CT molecular complexity index is 580. The van der Waals surface area contributed by atoms with E-state index in [2.05, 4.69) is 22.3 Å². The van der Waals surface area contributed by atoms with Crippen molar-refractivity contribution >= 4 is 21.6 Å². The molecule has 0 saturated heterocycles. The van der Waals surface area contributed by atoms with E-state index in [0.29, 0.717) is 0 Å². The van der Waals surface area contributed by atoms with E-state index < -0.39 is 10.0 Å². The summed E-state index contributed by atoms with van der Waals surface area (Å²) in [5, 5.41) is 5.91. The van der Waals surface area contributed by atoms with Gasteiger partial charge in [0.05, 0.1) is 11.4 Å². The third-order valence-electron chi connectivity index (χ3n) is 3.11. The zero-order valence-corrected chi connectivity index (χ0v) is 12.9. The fourth-order valence-corrected chi connectivity index (χ4v) is 2.75. The molecule has 1 amide bonds. The molecule has 1 saturated carbocycles. The van der Waals surface area contributed by atoms with Crippen molar-refractivity contribution in [2.75, 3.05) is 18.4 Å². The standard InChI is InChI=1S/C14H21N3O3S/c1-2-9-15-11-5-7-13(8-6-11)21(19,20)16-10-14(18)17-12-3-4-12/h5-8,12,15-16H,2-4,9-10H2,1H3,(H,17,18). The molecule has 2 rings (SSSR count). The lowest BCUT2D eigenvalue weighted by molar-refractivity contribution is -0.120. The quantitative estimate of drug-likeness (QED) is 0.670. The lowest BCUT2D eigenvalue weighted by Gasteiger charge is -2.09. The molecule has 0 unspecified atom stereocenters. The number of hydrogen-bond acceptors (Lipinski definition) is 4. The minimum atomic E-state index is -3.65. The Morgan fingerprint density at radius 3 is 2.48 bits per heavy atom. The molecule has 0 heterocycles. The molecule has 1 aromatic rings. The number of carbonyl (C=O) groups excluding carboxylic acids is 1. The molecule has 3 N–H and O–H groups in total. The maximum atomic E-state index is 12.1. The summed E-state index contributed by atoms with van der Waals surface area (Å²) in [5.74, 6) is -0.290.